The first-order valence-corrected chi connectivity index (χ1v) is 14.1. The third-order valence-corrected chi connectivity index (χ3v) is 12.5. The Balaban J connectivity index is 1.34. The van der Waals surface area contributed by atoms with Gasteiger partial charge < -0.3 is 0 Å². The summed E-state index contributed by atoms with van der Waals surface area (Å²) in [5.74, 6) is 5.75. The average molecular weight is 423 g/mol. The molecule has 8 fully saturated rings. The van der Waals surface area contributed by atoms with Crippen LogP contribution in [0.3, 0.4) is 0 Å². The first-order valence-electron chi connectivity index (χ1n) is 12.5. The standard InChI is InChI=1S/C27H34O2S/c1-15-2-4-23(5-3-15)30(28,29)27-22-12-18-11-21(14-22)26(24(27)13-18)25-19-7-16-6-17(9-19)10-20(25)8-16/h2-5,16-22,24,27H,6-14H2,1H3/t16?,17?,18-,19?,20?,21+,22-,24+,27+/m0/s1. The van der Waals surface area contributed by atoms with E-state index >= 15 is 0 Å². The molecule has 0 N–H and O–H groups in total. The van der Waals surface area contributed by atoms with Crippen LogP contribution in [0.1, 0.15) is 63.4 Å². The Bertz CT molecular complexity index is 987. The minimum Gasteiger partial charge on any atom is -0.223 e. The lowest BCUT2D eigenvalue weighted by molar-refractivity contribution is 0.0435. The molecular formula is C27H34O2S. The van der Waals surface area contributed by atoms with E-state index in [4.69, 9.17) is 0 Å². The smallest absolute Gasteiger partial charge is 0.182 e. The van der Waals surface area contributed by atoms with Gasteiger partial charge in [0.2, 0.25) is 0 Å². The van der Waals surface area contributed by atoms with Gasteiger partial charge in [0.05, 0.1) is 10.1 Å². The van der Waals surface area contributed by atoms with E-state index < -0.39 is 9.84 Å². The van der Waals surface area contributed by atoms with Crippen LogP contribution in [0.15, 0.2) is 40.3 Å². The van der Waals surface area contributed by atoms with Crippen LogP contribution in [0.2, 0.25) is 0 Å². The summed E-state index contributed by atoms with van der Waals surface area (Å²) in [5.41, 5.74) is 4.66. The van der Waals surface area contributed by atoms with Gasteiger partial charge in [0.1, 0.15) is 0 Å². The van der Waals surface area contributed by atoms with Crippen molar-refractivity contribution >= 4 is 9.84 Å². The zero-order valence-corrected chi connectivity index (χ0v) is 18.9. The second kappa shape index (κ2) is 6.24. The monoisotopic (exact) mass is 422 g/mol. The van der Waals surface area contributed by atoms with Crippen LogP contribution in [-0.4, -0.2) is 13.7 Å². The number of sulfone groups is 1. The topological polar surface area (TPSA) is 34.1 Å². The molecule has 5 atom stereocenters. The molecule has 0 amide bonds. The van der Waals surface area contributed by atoms with E-state index in [0.717, 1.165) is 54.4 Å². The maximum absolute atomic E-state index is 13.9. The van der Waals surface area contributed by atoms with E-state index in [-0.39, 0.29) is 5.25 Å². The Morgan fingerprint density at radius 3 is 1.87 bits per heavy atom. The minimum atomic E-state index is -3.27. The average Bonchev–Trinajstić information content (AvgIpc) is 2.68. The van der Waals surface area contributed by atoms with E-state index in [1.807, 2.05) is 36.8 Å². The number of allylic oxidation sites excluding steroid dienone is 2. The molecule has 1 aromatic carbocycles. The Morgan fingerprint density at radius 1 is 0.667 bits per heavy atom. The largest absolute Gasteiger partial charge is 0.223 e. The number of hydrogen-bond acceptors (Lipinski definition) is 2. The molecule has 0 saturated heterocycles. The molecule has 0 aliphatic heterocycles. The Labute approximate surface area is 181 Å². The highest BCUT2D eigenvalue weighted by atomic mass is 32.2. The molecule has 8 bridgehead atoms. The highest BCUT2D eigenvalue weighted by molar-refractivity contribution is 7.92. The summed E-state index contributed by atoms with van der Waals surface area (Å²) in [6.45, 7) is 2.04. The molecule has 0 aromatic heterocycles. The van der Waals surface area contributed by atoms with Gasteiger partial charge in [0, 0.05) is 0 Å². The predicted molar refractivity (Wildman–Crippen MR) is 119 cm³/mol. The number of benzene rings is 1. The van der Waals surface area contributed by atoms with Crippen LogP contribution in [0.25, 0.3) is 0 Å². The van der Waals surface area contributed by atoms with Gasteiger partial charge in [-0.25, -0.2) is 8.42 Å². The molecule has 2 nitrogen and oxygen atoms in total. The second-order valence-corrected chi connectivity index (χ2v) is 14.0. The van der Waals surface area contributed by atoms with Gasteiger partial charge >= 0.3 is 0 Å². The lowest BCUT2D eigenvalue weighted by Gasteiger charge is -2.59. The molecule has 160 valence electrons. The Hall–Kier alpha value is -1.09. The fraction of sp³-hybridized carbons (Fsp3) is 0.704. The van der Waals surface area contributed by atoms with Crippen LogP contribution in [0.4, 0.5) is 0 Å². The molecule has 3 heteroatoms. The van der Waals surface area contributed by atoms with Crippen molar-refractivity contribution in [3.05, 3.63) is 41.0 Å². The van der Waals surface area contributed by atoms with Gasteiger partial charge in [-0.05, 0) is 124 Å². The molecule has 0 spiro atoms. The van der Waals surface area contributed by atoms with E-state index in [9.17, 15) is 8.42 Å². The fourth-order valence-electron chi connectivity index (χ4n) is 9.60. The van der Waals surface area contributed by atoms with Crippen LogP contribution in [0.5, 0.6) is 0 Å². The highest BCUT2D eigenvalue weighted by Gasteiger charge is 2.58. The first kappa shape index (κ1) is 18.5. The summed E-state index contributed by atoms with van der Waals surface area (Å²) >= 11 is 0. The summed E-state index contributed by atoms with van der Waals surface area (Å²) in [7, 11) is -3.27. The number of rotatable bonds is 2. The Kier molecular flexibility index (Phi) is 3.84. The molecule has 0 radical (unpaired) electrons. The number of aryl methyl sites for hydroxylation is 1. The van der Waals surface area contributed by atoms with Crippen LogP contribution < -0.4 is 0 Å². The van der Waals surface area contributed by atoms with Crippen molar-refractivity contribution in [2.24, 2.45) is 47.3 Å². The summed E-state index contributed by atoms with van der Waals surface area (Å²) in [6, 6.07) is 7.68. The minimum absolute atomic E-state index is 0.160. The SMILES string of the molecule is Cc1ccc(S(=O)(=O)[C@@H]2[C@H]3C[C@@H]4C[C@H](C3)C(=C3C5CC6CC(C5)CC3C6)[C@H]2C4)cc1. The highest BCUT2D eigenvalue weighted by Crippen LogP contribution is 2.64. The summed E-state index contributed by atoms with van der Waals surface area (Å²) in [5, 5.41) is -0.160. The van der Waals surface area contributed by atoms with Crippen LogP contribution in [0, 0.1) is 54.3 Å². The lowest BCUT2D eigenvalue weighted by atomic mass is 9.48. The second-order valence-electron chi connectivity index (χ2n) is 11.9. The van der Waals surface area contributed by atoms with Crippen molar-refractivity contribution < 1.29 is 8.42 Å². The van der Waals surface area contributed by atoms with Gasteiger partial charge in [-0.3, -0.25) is 0 Å². The van der Waals surface area contributed by atoms with Gasteiger partial charge in [0.25, 0.3) is 0 Å². The predicted octanol–water partition coefficient (Wildman–Crippen LogP) is 5.96. The quantitative estimate of drug-likeness (QED) is 0.551. The van der Waals surface area contributed by atoms with Gasteiger partial charge in [-0.15, -0.1) is 0 Å². The molecule has 8 saturated carbocycles. The Morgan fingerprint density at radius 2 is 1.23 bits per heavy atom. The molecule has 0 unspecified atom stereocenters. The van der Waals surface area contributed by atoms with Crippen LogP contribution >= 0.6 is 0 Å². The third kappa shape index (κ3) is 2.51. The maximum atomic E-state index is 13.9. The van der Waals surface area contributed by atoms with Gasteiger partial charge in [-0.2, -0.15) is 0 Å². The molecule has 8 aliphatic rings. The summed E-state index contributed by atoms with van der Waals surface area (Å²) in [6.07, 6.45) is 11.9. The van der Waals surface area contributed by atoms with Crippen LogP contribution in [-0.2, 0) is 9.84 Å². The van der Waals surface area contributed by atoms with Gasteiger partial charge in [-0.1, -0.05) is 28.8 Å². The van der Waals surface area contributed by atoms with E-state index in [2.05, 4.69) is 0 Å². The maximum Gasteiger partial charge on any atom is 0.182 e. The fourth-order valence-corrected chi connectivity index (χ4v) is 11.8. The molecule has 9 rings (SSSR count). The molecule has 1 aromatic rings. The zero-order valence-electron chi connectivity index (χ0n) is 18.1. The van der Waals surface area contributed by atoms with Crippen molar-refractivity contribution in [1.29, 1.82) is 0 Å². The molecular weight excluding hydrogens is 388 g/mol. The molecule has 8 aliphatic carbocycles. The van der Waals surface area contributed by atoms with Crippen molar-refractivity contribution in [2.45, 2.75) is 74.9 Å². The molecule has 30 heavy (non-hydrogen) atoms. The lowest BCUT2D eigenvalue weighted by Crippen LogP contribution is -2.54. The summed E-state index contributed by atoms with van der Waals surface area (Å²) < 4.78 is 27.9. The van der Waals surface area contributed by atoms with Crippen molar-refractivity contribution in [1.82, 2.24) is 0 Å². The first-order chi connectivity index (χ1) is 14.5. The third-order valence-electron chi connectivity index (χ3n) is 10.2. The van der Waals surface area contributed by atoms with Crippen molar-refractivity contribution in [3.63, 3.8) is 0 Å². The van der Waals surface area contributed by atoms with Gasteiger partial charge in [0.15, 0.2) is 9.84 Å². The summed E-state index contributed by atoms with van der Waals surface area (Å²) in [4.78, 5) is 0.569. The van der Waals surface area contributed by atoms with Crippen molar-refractivity contribution in [2.75, 3.05) is 0 Å². The van der Waals surface area contributed by atoms with E-state index in [0.29, 0.717) is 22.6 Å². The van der Waals surface area contributed by atoms with E-state index in [1.54, 1.807) is 5.57 Å². The van der Waals surface area contributed by atoms with Crippen molar-refractivity contribution in [3.8, 4) is 0 Å². The number of hydrogen-bond donors (Lipinski definition) is 0. The van der Waals surface area contributed by atoms with E-state index in [1.165, 1.54) is 38.5 Å². The normalized spacial score (nSPS) is 46.1. The molecule has 0 heterocycles. The zero-order chi connectivity index (χ0) is 20.2.